The molecule has 0 radical (unpaired) electrons. The van der Waals surface area contributed by atoms with Gasteiger partial charge in [-0.05, 0) is 18.9 Å². The summed E-state index contributed by atoms with van der Waals surface area (Å²) in [4.78, 5) is 4.56. The first-order chi connectivity index (χ1) is 7.93. The molecule has 2 nitrogen and oxygen atoms in total. The SMILES string of the molecule is c1ccc(-c2ccc3c(n2)OCCC3)cc1. The van der Waals surface area contributed by atoms with Gasteiger partial charge in [0.15, 0.2) is 0 Å². The molecule has 2 heterocycles. The fourth-order valence-corrected chi connectivity index (χ4v) is 1.99. The zero-order chi connectivity index (χ0) is 10.8. The lowest BCUT2D eigenvalue weighted by molar-refractivity contribution is 0.276. The van der Waals surface area contributed by atoms with Crippen molar-refractivity contribution in [2.45, 2.75) is 12.8 Å². The minimum atomic E-state index is 0.790. The summed E-state index contributed by atoms with van der Waals surface area (Å²) in [6, 6.07) is 14.4. The molecule has 0 spiro atoms. The third-order valence-electron chi connectivity index (χ3n) is 2.84. The summed E-state index contributed by atoms with van der Waals surface area (Å²) in [5.41, 5.74) is 3.35. The second kappa shape index (κ2) is 3.97. The van der Waals surface area contributed by atoms with Gasteiger partial charge in [-0.15, -0.1) is 0 Å². The van der Waals surface area contributed by atoms with E-state index < -0.39 is 0 Å². The summed E-state index contributed by atoms with van der Waals surface area (Å²) < 4.78 is 5.57. The molecule has 1 aromatic heterocycles. The Morgan fingerprint density at radius 3 is 2.75 bits per heavy atom. The van der Waals surface area contributed by atoms with Gasteiger partial charge in [0.1, 0.15) is 0 Å². The summed E-state index contributed by atoms with van der Waals surface area (Å²) in [6.45, 7) is 0.790. The molecule has 1 aliphatic heterocycles. The molecule has 0 saturated carbocycles. The Bertz CT molecular complexity index is 493. The fraction of sp³-hybridized carbons (Fsp3) is 0.214. The Morgan fingerprint density at radius 1 is 1.00 bits per heavy atom. The molecule has 80 valence electrons. The molecule has 16 heavy (non-hydrogen) atoms. The Morgan fingerprint density at radius 2 is 1.88 bits per heavy atom. The Labute approximate surface area is 94.9 Å². The van der Waals surface area contributed by atoms with Crippen LogP contribution in [-0.4, -0.2) is 11.6 Å². The average molecular weight is 211 g/mol. The molecule has 2 heteroatoms. The van der Waals surface area contributed by atoms with Gasteiger partial charge >= 0.3 is 0 Å². The maximum atomic E-state index is 5.57. The number of fused-ring (bicyclic) bond motifs is 1. The number of aryl methyl sites for hydroxylation is 1. The van der Waals surface area contributed by atoms with Crippen LogP contribution < -0.4 is 4.74 Å². The van der Waals surface area contributed by atoms with E-state index in [0.29, 0.717) is 0 Å². The Hall–Kier alpha value is -1.83. The highest BCUT2D eigenvalue weighted by atomic mass is 16.5. The van der Waals surface area contributed by atoms with Crippen molar-refractivity contribution in [1.29, 1.82) is 0 Å². The number of pyridine rings is 1. The van der Waals surface area contributed by atoms with E-state index in [1.165, 1.54) is 5.56 Å². The summed E-state index contributed by atoms with van der Waals surface area (Å²) in [5.74, 6) is 0.813. The van der Waals surface area contributed by atoms with Crippen LogP contribution >= 0.6 is 0 Å². The lowest BCUT2D eigenvalue weighted by atomic mass is 10.1. The summed E-state index contributed by atoms with van der Waals surface area (Å²) >= 11 is 0. The van der Waals surface area contributed by atoms with Gasteiger partial charge < -0.3 is 4.74 Å². The first-order valence-electron chi connectivity index (χ1n) is 5.61. The molecule has 2 aromatic rings. The van der Waals surface area contributed by atoms with Crippen molar-refractivity contribution in [2.75, 3.05) is 6.61 Å². The van der Waals surface area contributed by atoms with Crippen LogP contribution in [0.15, 0.2) is 42.5 Å². The van der Waals surface area contributed by atoms with E-state index in [0.717, 1.165) is 36.6 Å². The zero-order valence-electron chi connectivity index (χ0n) is 9.02. The number of rotatable bonds is 1. The molecule has 1 aromatic carbocycles. The summed E-state index contributed by atoms with van der Waals surface area (Å²) in [5, 5.41) is 0. The van der Waals surface area contributed by atoms with Crippen molar-refractivity contribution >= 4 is 0 Å². The van der Waals surface area contributed by atoms with Crippen molar-refractivity contribution < 1.29 is 4.74 Å². The minimum Gasteiger partial charge on any atom is -0.477 e. The van der Waals surface area contributed by atoms with Crippen molar-refractivity contribution in [3.8, 4) is 17.1 Å². The quantitative estimate of drug-likeness (QED) is 0.723. The molecule has 0 unspecified atom stereocenters. The third kappa shape index (κ3) is 1.67. The van der Waals surface area contributed by atoms with Crippen LogP contribution in [0.3, 0.4) is 0 Å². The van der Waals surface area contributed by atoms with Crippen molar-refractivity contribution in [1.82, 2.24) is 4.98 Å². The average Bonchev–Trinajstić information content (AvgIpc) is 2.39. The van der Waals surface area contributed by atoms with Gasteiger partial charge in [-0.1, -0.05) is 36.4 Å². The van der Waals surface area contributed by atoms with Crippen molar-refractivity contribution in [3.05, 3.63) is 48.0 Å². The van der Waals surface area contributed by atoms with Crippen molar-refractivity contribution in [3.63, 3.8) is 0 Å². The number of benzene rings is 1. The molecule has 0 fully saturated rings. The molecular weight excluding hydrogens is 198 g/mol. The highest BCUT2D eigenvalue weighted by Crippen LogP contribution is 2.26. The van der Waals surface area contributed by atoms with Crippen LogP contribution in [0.1, 0.15) is 12.0 Å². The van der Waals surface area contributed by atoms with Gasteiger partial charge in [0, 0.05) is 11.1 Å². The largest absolute Gasteiger partial charge is 0.477 e. The first-order valence-corrected chi connectivity index (χ1v) is 5.61. The lowest BCUT2D eigenvalue weighted by Crippen LogP contribution is -2.09. The maximum absolute atomic E-state index is 5.57. The third-order valence-corrected chi connectivity index (χ3v) is 2.84. The van der Waals surface area contributed by atoms with E-state index in [4.69, 9.17) is 4.74 Å². The predicted molar refractivity (Wildman–Crippen MR) is 63.5 cm³/mol. The number of aromatic nitrogens is 1. The number of ether oxygens (including phenoxy) is 1. The molecule has 0 atom stereocenters. The molecule has 0 saturated heterocycles. The van der Waals surface area contributed by atoms with Gasteiger partial charge in [-0.2, -0.15) is 0 Å². The lowest BCUT2D eigenvalue weighted by Gasteiger charge is -2.16. The first kappa shape index (κ1) is 9.40. The smallest absolute Gasteiger partial charge is 0.217 e. The fourth-order valence-electron chi connectivity index (χ4n) is 1.99. The Kier molecular flexibility index (Phi) is 2.33. The molecular formula is C14H13NO. The minimum absolute atomic E-state index is 0.790. The Balaban J connectivity index is 2.03. The second-order valence-corrected chi connectivity index (χ2v) is 3.98. The van der Waals surface area contributed by atoms with E-state index in [2.05, 4.69) is 29.2 Å². The monoisotopic (exact) mass is 211 g/mol. The van der Waals surface area contributed by atoms with Crippen LogP contribution in [0.4, 0.5) is 0 Å². The van der Waals surface area contributed by atoms with Crippen LogP contribution in [-0.2, 0) is 6.42 Å². The zero-order valence-corrected chi connectivity index (χ0v) is 9.02. The normalized spacial score (nSPS) is 14.0. The highest BCUT2D eigenvalue weighted by Gasteiger charge is 2.12. The van der Waals surface area contributed by atoms with Gasteiger partial charge in [-0.3, -0.25) is 0 Å². The van der Waals surface area contributed by atoms with E-state index >= 15 is 0 Å². The topological polar surface area (TPSA) is 22.1 Å². The van der Waals surface area contributed by atoms with E-state index in [9.17, 15) is 0 Å². The van der Waals surface area contributed by atoms with Gasteiger partial charge in [0.25, 0.3) is 0 Å². The van der Waals surface area contributed by atoms with Gasteiger partial charge in [0.05, 0.1) is 12.3 Å². The maximum Gasteiger partial charge on any atom is 0.217 e. The molecule has 0 bridgehead atoms. The van der Waals surface area contributed by atoms with Crippen LogP contribution in [0, 0.1) is 0 Å². The van der Waals surface area contributed by atoms with Crippen LogP contribution in [0.2, 0.25) is 0 Å². The van der Waals surface area contributed by atoms with Crippen LogP contribution in [0.25, 0.3) is 11.3 Å². The molecule has 0 aliphatic carbocycles. The van der Waals surface area contributed by atoms with E-state index in [1.54, 1.807) is 0 Å². The highest BCUT2D eigenvalue weighted by molar-refractivity contribution is 5.60. The summed E-state index contributed by atoms with van der Waals surface area (Å²) in [6.07, 6.45) is 2.18. The standard InChI is InChI=1S/C14H13NO/c1-2-5-11(6-3-1)13-9-8-12-7-4-10-16-14(12)15-13/h1-3,5-6,8-9H,4,7,10H2. The second-order valence-electron chi connectivity index (χ2n) is 3.98. The molecule has 1 aliphatic rings. The predicted octanol–water partition coefficient (Wildman–Crippen LogP) is 3.07. The van der Waals surface area contributed by atoms with Gasteiger partial charge in [-0.25, -0.2) is 4.98 Å². The number of hydrogen-bond acceptors (Lipinski definition) is 2. The number of hydrogen-bond donors (Lipinski definition) is 0. The van der Waals surface area contributed by atoms with E-state index in [1.807, 2.05) is 18.2 Å². The van der Waals surface area contributed by atoms with Gasteiger partial charge in [0.2, 0.25) is 5.88 Å². The molecule has 0 N–H and O–H groups in total. The van der Waals surface area contributed by atoms with Crippen molar-refractivity contribution in [2.24, 2.45) is 0 Å². The molecule has 0 amide bonds. The van der Waals surface area contributed by atoms with Crippen LogP contribution in [0.5, 0.6) is 5.88 Å². The molecule has 3 rings (SSSR count). The number of nitrogens with zero attached hydrogens (tertiary/aromatic N) is 1. The summed E-state index contributed by atoms with van der Waals surface area (Å²) in [7, 11) is 0. The van der Waals surface area contributed by atoms with E-state index in [-0.39, 0.29) is 0 Å².